The highest BCUT2D eigenvalue weighted by Crippen LogP contribution is 2.39. The molecule has 1 aromatic heterocycles. The highest BCUT2D eigenvalue weighted by Gasteiger charge is 2.35. The van der Waals surface area contributed by atoms with Crippen LogP contribution in [0.25, 0.3) is 0 Å². The first-order valence-electron chi connectivity index (χ1n) is 10.3. The zero-order chi connectivity index (χ0) is 22.7. The number of methoxy groups -OCH3 is 1. The zero-order valence-electron chi connectivity index (χ0n) is 18.1. The second-order valence-electron chi connectivity index (χ2n) is 7.25. The predicted octanol–water partition coefficient (Wildman–Crippen LogP) is 5.37. The van der Waals surface area contributed by atoms with E-state index in [4.69, 9.17) is 21.4 Å². The number of aromatic nitrogens is 3. The number of rotatable bonds is 7. The van der Waals surface area contributed by atoms with E-state index in [1.807, 2.05) is 43.3 Å². The van der Waals surface area contributed by atoms with Crippen molar-refractivity contribution in [2.24, 2.45) is 0 Å². The molecule has 32 heavy (non-hydrogen) atoms. The minimum atomic E-state index is -0.530. The molecule has 9 heteroatoms. The number of hydrogen-bond donors (Lipinski definition) is 2. The van der Waals surface area contributed by atoms with Crippen LogP contribution in [0.1, 0.15) is 31.9 Å². The average molecular weight is 470 g/mol. The third-order valence-corrected chi connectivity index (χ3v) is 6.46. The van der Waals surface area contributed by atoms with Crippen molar-refractivity contribution in [1.82, 2.24) is 14.8 Å². The molecule has 0 radical (unpaired) electrons. The minimum Gasteiger partial charge on any atom is -0.495 e. The van der Waals surface area contributed by atoms with Crippen LogP contribution in [0, 0.1) is 0 Å². The number of carbonyl (C=O) groups is 1. The van der Waals surface area contributed by atoms with Gasteiger partial charge >= 0.3 is 0 Å². The van der Waals surface area contributed by atoms with Crippen molar-refractivity contribution in [2.45, 2.75) is 31.5 Å². The molecule has 2 aromatic carbocycles. The lowest BCUT2D eigenvalue weighted by molar-refractivity contribution is -0.113. The fraction of sp³-hybridized carbons (Fsp3) is 0.261. The Bertz CT molecular complexity index is 1180. The Morgan fingerprint density at radius 2 is 2.00 bits per heavy atom. The summed E-state index contributed by atoms with van der Waals surface area (Å²) >= 11 is 8.16. The van der Waals surface area contributed by atoms with E-state index in [0.717, 1.165) is 17.7 Å². The van der Waals surface area contributed by atoms with Gasteiger partial charge < -0.3 is 15.4 Å². The molecule has 0 fully saturated rings. The van der Waals surface area contributed by atoms with Crippen molar-refractivity contribution in [3.63, 3.8) is 0 Å². The van der Waals surface area contributed by atoms with Crippen LogP contribution < -0.4 is 15.4 Å². The van der Waals surface area contributed by atoms with Crippen LogP contribution in [0.3, 0.4) is 0 Å². The van der Waals surface area contributed by atoms with E-state index in [1.165, 1.54) is 0 Å². The van der Waals surface area contributed by atoms with E-state index in [0.29, 0.717) is 38.8 Å². The summed E-state index contributed by atoms with van der Waals surface area (Å²) in [5, 5.41) is 12.1. The quantitative estimate of drug-likeness (QED) is 0.453. The molecule has 166 valence electrons. The molecule has 1 unspecified atom stereocenters. The first kappa shape index (κ1) is 22.2. The predicted molar refractivity (Wildman–Crippen MR) is 129 cm³/mol. The molecule has 0 spiro atoms. The lowest BCUT2D eigenvalue weighted by Crippen LogP contribution is -2.31. The van der Waals surface area contributed by atoms with Gasteiger partial charge in [0.15, 0.2) is 0 Å². The van der Waals surface area contributed by atoms with Crippen LogP contribution in [0.4, 0.5) is 11.6 Å². The molecule has 1 amide bonds. The fourth-order valence-electron chi connectivity index (χ4n) is 3.60. The third-order valence-electron chi connectivity index (χ3n) is 5.07. The molecule has 2 N–H and O–H groups in total. The molecule has 0 saturated heterocycles. The fourth-order valence-corrected chi connectivity index (χ4v) is 4.52. The lowest BCUT2D eigenvalue weighted by Gasteiger charge is -2.29. The first-order chi connectivity index (χ1) is 15.5. The average Bonchev–Trinajstić information content (AvgIpc) is 3.19. The maximum Gasteiger partial charge on any atom is 0.255 e. The molecular weight excluding hydrogens is 446 g/mol. The monoisotopic (exact) mass is 469 g/mol. The summed E-state index contributed by atoms with van der Waals surface area (Å²) in [6, 6.07) is 14.3. The normalized spacial score (nSPS) is 15.2. The van der Waals surface area contributed by atoms with E-state index < -0.39 is 6.04 Å². The van der Waals surface area contributed by atoms with Gasteiger partial charge in [-0.25, -0.2) is 4.68 Å². The molecule has 4 rings (SSSR count). The molecule has 3 aromatic rings. The van der Waals surface area contributed by atoms with Crippen molar-refractivity contribution < 1.29 is 9.53 Å². The van der Waals surface area contributed by atoms with Crippen LogP contribution >= 0.6 is 23.4 Å². The molecule has 0 saturated carbocycles. The summed E-state index contributed by atoms with van der Waals surface area (Å²) in [5.74, 6) is 1.80. The van der Waals surface area contributed by atoms with E-state index in [9.17, 15) is 4.79 Å². The number of fused-ring (bicyclic) bond motifs is 1. The number of nitrogens with zero attached hydrogens (tertiary/aromatic N) is 3. The van der Waals surface area contributed by atoms with Gasteiger partial charge in [0.2, 0.25) is 11.1 Å². The lowest BCUT2D eigenvalue weighted by atomic mass is 9.95. The van der Waals surface area contributed by atoms with E-state index >= 15 is 0 Å². The molecule has 1 aliphatic rings. The summed E-state index contributed by atoms with van der Waals surface area (Å²) < 4.78 is 7.13. The minimum absolute atomic E-state index is 0.270. The Kier molecular flexibility index (Phi) is 6.72. The van der Waals surface area contributed by atoms with Gasteiger partial charge in [-0.05, 0) is 31.5 Å². The Labute approximate surface area is 196 Å². The summed E-state index contributed by atoms with van der Waals surface area (Å²) in [4.78, 5) is 18.2. The van der Waals surface area contributed by atoms with Crippen LogP contribution in [-0.4, -0.2) is 33.5 Å². The Morgan fingerprint density at radius 3 is 2.75 bits per heavy atom. The Hall–Kier alpha value is -2.97. The van der Waals surface area contributed by atoms with Gasteiger partial charge in [-0.15, -0.1) is 5.10 Å². The second kappa shape index (κ2) is 9.67. The summed E-state index contributed by atoms with van der Waals surface area (Å²) in [5.41, 5.74) is 2.56. The largest absolute Gasteiger partial charge is 0.495 e. The highest BCUT2D eigenvalue weighted by molar-refractivity contribution is 7.99. The molecule has 1 atom stereocenters. The zero-order valence-corrected chi connectivity index (χ0v) is 19.6. The number of hydrogen-bond acceptors (Lipinski definition) is 6. The van der Waals surface area contributed by atoms with Crippen molar-refractivity contribution in [3.05, 3.63) is 70.4 Å². The van der Waals surface area contributed by atoms with Gasteiger partial charge in [0.05, 0.1) is 18.4 Å². The number of allylic oxidation sites excluding steroid dienone is 1. The topological polar surface area (TPSA) is 81.1 Å². The molecule has 7 nitrogen and oxygen atoms in total. The Morgan fingerprint density at radius 1 is 1.25 bits per heavy atom. The second-order valence-corrected chi connectivity index (χ2v) is 8.72. The first-order valence-corrected chi connectivity index (χ1v) is 11.7. The van der Waals surface area contributed by atoms with Gasteiger partial charge in [0, 0.05) is 22.0 Å². The van der Waals surface area contributed by atoms with Gasteiger partial charge in [0.1, 0.15) is 11.8 Å². The van der Waals surface area contributed by atoms with Crippen LogP contribution in [-0.2, 0) is 4.79 Å². The van der Waals surface area contributed by atoms with Gasteiger partial charge in [0.25, 0.3) is 5.91 Å². The van der Waals surface area contributed by atoms with Crippen LogP contribution in [0.15, 0.2) is 65.0 Å². The van der Waals surface area contributed by atoms with Crippen molar-refractivity contribution >= 4 is 40.9 Å². The molecule has 1 aliphatic heterocycles. The maximum absolute atomic E-state index is 13.6. The molecule has 2 heterocycles. The molecule has 0 aliphatic carbocycles. The maximum atomic E-state index is 13.6. The number of anilines is 2. The molecular formula is C23H24ClN5O2S. The van der Waals surface area contributed by atoms with Crippen LogP contribution in [0.5, 0.6) is 5.75 Å². The van der Waals surface area contributed by atoms with Gasteiger partial charge in [-0.1, -0.05) is 60.6 Å². The van der Waals surface area contributed by atoms with Gasteiger partial charge in [-0.3, -0.25) is 4.79 Å². The molecule has 0 bridgehead atoms. The number of benzene rings is 2. The number of halogens is 1. The summed E-state index contributed by atoms with van der Waals surface area (Å²) in [6.45, 7) is 3.97. The summed E-state index contributed by atoms with van der Waals surface area (Å²) in [7, 11) is 1.57. The Balaban J connectivity index is 1.78. The number of ether oxygens (including phenoxy) is 1. The third kappa shape index (κ3) is 4.33. The number of nitrogens with one attached hydrogen (secondary N) is 2. The van der Waals surface area contributed by atoms with Crippen LogP contribution in [0.2, 0.25) is 5.02 Å². The number of amides is 1. The van der Waals surface area contributed by atoms with E-state index in [-0.39, 0.29) is 5.91 Å². The van der Waals surface area contributed by atoms with E-state index in [1.54, 1.807) is 35.7 Å². The van der Waals surface area contributed by atoms with Crippen molar-refractivity contribution in [2.75, 3.05) is 23.5 Å². The highest BCUT2D eigenvalue weighted by atomic mass is 35.5. The number of para-hydroxylation sites is 2. The van der Waals surface area contributed by atoms with Crippen molar-refractivity contribution in [3.8, 4) is 5.75 Å². The van der Waals surface area contributed by atoms with Gasteiger partial charge in [-0.2, -0.15) is 4.98 Å². The standard InChI is InChI=1S/C23H24ClN5O2S/c1-4-13-32-23-27-22-25-14(2)19(21(30)26-17-11-7-8-12-18(17)31-3)20(29(22)28-23)15-9-5-6-10-16(15)24/h5-12,20H,4,13H2,1-3H3,(H,26,30)(H,25,27,28). The summed E-state index contributed by atoms with van der Waals surface area (Å²) in [6.07, 6.45) is 1.01. The SMILES string of the molecule is CCCSc1nc2n(n1)C(c1ccccc1Cl)C(C(=O)Nc1ccccc1OC)=C(C)N2. The smallest absolute Gasteiger partial charge is 0.255 e. The number of carbonyl (C=O) groups excluding carboxylic acids is 1. The van der Waals surface area contributed by atoms with Crippen molar-refractivity contribution in [1.29, 1.82) is 0 Å². The number of thioether (sulfide) groups is 1. The van der Waals surface area contributed by atoms with E-state index in [2.05, 4.69) is 22.5 Å².